The number of alkyl halides is 2. The van der Waals surface area contributed by atoms with E-state index in [9.17, 15) is 13.6 Å². The average Bonchev–Trinajstić information content (AvgIpc) is 3.05. The number of aromatic nitrogens is 2. The number of hydrogen-bond acceptors (Lipinski definition) is 5. The Morgan fingerprint density at radius 2 is 2.24 bits per heavy atom. The summed E-state index contributed by atoms with van der Waals surface area (Å²) in [4.78, 5) is 16.6. The van der Waals surface area contributed by atoms with Gasteiger partial charge < -0.3 is 9.84 Å². The molecule has 5 nitrogen and oxygen atoms in total. The van der Waals surface area contributed by atoms with E-state index in [0.717, 1.165) is 11.3 Å². The second-order valence-corrected chi connectivity index (χ2v) is 5.77. The lowest BCUT2D eigenvalue weighted by molar-refractivity contribution is -0.121. The van der Waals surface area contributed by atoms with Gasteiger partial charge in [-0.3, -0.25) is 4.79 Å². The van der Waals surface area contributed by atoms with E-state index in [1.54, 1.807) is 12.1 Å². The van der Waals surface area contributed by atoms with Crippen molar-refractivity contribution in [2.24, 2.45) is 0 Å². The summed E-state index contributed by atoms with van der Waals surface area (Å²) < 4.78 is 30.6. The summed E-state index contributed by atoms with van der Waals surface area (Å²) in [6.45, 7) is 3.03. The van der Waals surface area contributed by atoms with Gasteiger partial charge in [0.15, 0.2) is 0 Å². The molecule has 1 N–H and O–H groups in total. The van der Waals surface area contributed by atoms with Crippen LogP contribution in [0.1, 0.15) is 37.5 Å². The Hall–Kier alpha value is -1.83. The zero-order valence-corrected chi connectivity index (χ0v) is 12.5. The largest absolute Gasteiger partial charge is 0.351 e. The SMILES string of the molecule is CCCC(=O)NCc1ccc(-c2noc(C(C)(F)F)n2)s1. The van der Waals surface area contributed by atoms with Crippen LogP contribution >= 0.6 is 11.3 Å². The minimum absolute atomic E-state index is 0.0140. The zero-order valence-electron chi connectivity index (χ0n) is 11.7. The van der Waals surface area contributed by atoms with Crippen molar-refractivity contribution in [1.82, 2.24) is 15.5 Å². The van der Waals surface area contributed by atoms with Gasteiger partial charge in [0.2, 0.25) is 11.7 Å². The number of carbonyl (C=O) groups excluding carboxylic acids is 1. The molecule has 0 radical (unpaired) electrons. The third kappa shape index (κ3) is 4.07. The molecule has 21 heavy (non-hydrogen) atoms. The van der Waals surface area contributed by atoms with Gasteiger partial charge in [0.1, 0.15) is 0 Å². The van der Waals surface area contributed by atoms with Crippen molar-refractivity contribution < 1.29 is 18.1 Å². The monoisotopic (exact) mass is 315 g/mol. The highest BCUT2D eigenvalue weighted by Gasteiger charge is 2.32. The molecule has 0 bridgehead atoms. The predicted molar refractivity (Wildman–Crippen MR) is 73.9 cm³/mol. The molecule has 0 atom stereocenters. The fourth-order valence-electron chi connectivity index (χ4n) is 1.60. The van der Waals surface area contributed by atoms with Crippen LogP contribution in [0.15, 0.2) is 16.7 Å². The normalized spacial score (nSPS) is 11.6. The maximum absolute atomic E-state index is 13.0. The zero-order chi connectivity index (χ0) is 15.5. The maximum atomic E-state index is 13.0. The Bertz CT molecular complexity index is 619. The number of thiophene rings is 1. The highest BCUT2D eigenvalue weighted by molar-refractivity contribution is 7.15. The Morgan fingerprint density at radius 3 is 2.86 bits per heavy atom. The standard InChI is InChI=1S/C13H15F2N3O2S/c1-3-4-10(19)16-7-8-5-6-9(21-8)11-17-12(20-18-11)13(2,14)15/h5-6H,3-4,7H2,1-2H3,(H,16,19). The Balaban J connectivity index is 2.03. The van der Waals surface area contributed by atoms with Crippen LogP contribution in [0, 0.1) is 0 Å². The topological polar surface area (TPSA) is 68.0 Å². The first-order valence-electron chi connectivity index (χ1n) is 6.48. The van der Waals surface area contributed by atoms with Gasteiger partial charge >= 0.3 is 5.92 Å². The van der Waals surface area contributed by atoms with Crippen LogP contribution < -0.4 is 5.32 Å². The van der Waals surface area contributed by atoms with Gasteiger partial charge in [-0.15, -0.1) is 11.3 Å². The van der Waals surface area contributed by atoms with E-state index in [0.29, 0.717) is 24.8 Å². The van der Waals surface area contributed by atoms with E-state index in [4.69, 9.17) is 0 Å². The minimum Gasteiger partial charge on any atom is -0.351 e. The number of nitrogens with zero attached hydrogens (tertiary/aromatic N) is 2. The van der Waals surface area contributed by atoms with Crippen molar-refractivity contribution in [2.75, 3.05) is 0 Å². The first kappa shape index (κ1) is 15.6. The molecular weight excluding hydrogens is 300 g/mol. The van der Waals surface area contributed by atoms with E-state index >= 15 is 0 Å². The van der Waals surface area contributed by atoms with Crippen LogP contribution in [0.3, 0.4) is 0 Å². The molecule has 1 amide bonds. The molecule has 0 aliphatic rings. The lowest BCUT2D eigenvalue weighted by Crippen LogP contribution is -2.21. The van der Waals surface area contributed by atoms with Crippen LogP contribution in [0.5, 0.6) is 0 Å². The molecule has 114 valence electrons. The van der Waals surface area contributed by atoms with E-state index in [2.05, 4.69) is 20.0 Å². The van der Waals surface area contributed by atoms with Gasteiger partial charge in [-0.1, -0.05) is 12.1 Å². The summed E-state index contributed by atoms with van der Waals surface area (Å²) in [5.41, 5.74) is 0. The molecule has 0 saturated carbocycles. The maximum Gasteiger partial charge on any atom is 0.322 e. The van der Waals surface area contributed by atoms with Crippen LogP contribution in [-0.4, -0.2) is 16.0 Å². The molecule has 0 aliphatic carbocycles. The van der Waals surface area contributed by atoms with Gasteiger partial charge in [0.25, 0.3) is 5.89 Å². The molecule has 0 aromatic carbocycles. The van der Waals surface area contributed by atoms with Crippen molar-refractivity contribution in [3.05, 3.63) is 22.9 Å². The van der Waals surface area contributed by atoms with Gasteiger partial charge in [-0.2, -0.15) is 13.8 Å². The number of amides is 1. The fraction of sp³-hybridized carbons (Fsp3) is 0.462. The van der Waals surface area contributed by atoms with Gasteiger partial charge in [0, 0.05) is 18.2 Å². The Morgan fingerprint density at radius 1 is 1.48 bits per heavy atom. The lowest BCUT2D eigenvalue weighted by Gasteiger charge is -2.01. The highest BCUT2D eigenvalue weighted by atomic mass is 32.1. The van der Waals surface area contributed by atoms with Crippen LogP contribution in [0.2, 0.25) is 0 Å². The summed E-state index contributed by atoms with van der Waals surface area (Å²) in [6, 6.07) is 3.51. The van der Waals surface area contributed by atoms with Crippen LogP contribution in [-0.2, 0) is 17.3 Å². The second-order valence-electron chi connectivity index (χ2n) is 4.60. The summed E-state index contributed by atoms with van der Waals surface area (Å²) in [7, 11) is 0. The van der Waals surface area contributed by atoms with Crippen molar-refractivity contribution in [3.8, 4) is 10.7 Å². The molecule has 0 unspecified atom stereocenters. The molecule has 0 aliphatic heterocycles. The highest BCUT2D eigenvalue weighted by Crippen LogP contribution is 2.30. The molecule has 2 heterocycles. The van der Waals surface area contributed by atoms with E-state index in [-0.39, 0.29) is 11.7 Å². The van der Waals surface area contributed by atoms with E-state index in [1.807, 2.05) is 6.92 Å². The smallest absolute Gasteiger partial charge is 0.322 e. The summed E-state index contributed by atoms with van der Waals surface area (Å²) in [5, 5.41) is 6.33. The number of carbonyl (C=O) groups is 1. The van der Waals surface area contributed by atoms with Crippen molar-refractivity contribution in [1.29, 1.82) is 0 Å². The van der Waals surface area contributed by atoms with E-state index in [1.165, 1.54) is 11.3 Å². The number of halogens is 2. The van der Waals surface area contributed by atoms with Crippen molar-refractivity contribution in [2.45, 2.75) is 39.2 Å². The van der Waals surface area contributed by atoms with Crippen LogP contribution in [0.4, 0.5) is 8.78 Å². The van der Waals surface area contributed by atoms with Crippen molar-refractivity contribution in [3.63, 3.8) is 0 Å². The molecule has 0 fully saturated rings. The number of nitrogens with one attached hydrogen (secondary N) is 1. The fourth-order valence-corrected chi connectivity index (χ4v) is 2.47. The molecule has 0 spiro atoms. The summed E-state index contributed by atoms with van der Waals surface area (Å²) in [5.74, 6) is -3.74. The third-order valence-corrected chi connectivity index (χ3v) is 3.70. The molecule has 2 rings (SSSR count). The van der Waals surface area contributed by atoms with Gasteiger partial charge in [-0.05, 0) is 18.6 Å². The van der Waals surface area contributed by atoms with E-state index < -0.39 is 11.8 Å². The Labute approximate surface area is 124 Å². The molecule has 8 heteroatoms. The summed E-state index contributed by atoms with van der Waals surface area (Å²) >= 11 is 1.33. The molecule has 2 aromatic heterocycles. The van der Waals surface area contributed by atoms with Gasteiger partial charge in [-0.25, -0.2) is 0 Å². The minimum atomic E-state index is -3.15. The Kier molecular flexibility index (Phi) is 4.66. The lowest BCUT2D eigenvalue weighted by atomic mass is 10.3. The number of hydrogen-bond donors (Lipinski definition) is 1. The quantitative estimate of drug-likeness (QED) is 0.888. The molecular formula is C13H15F2N3O2S. The predicted octanol–water partition coefficient (Wildman–Crippen LogP) is 3.33. The first-order valence-corrected chi connectivity index (χ1v) is 7.29. The second kappa shape index (κ2) is 6.30. The average molecular weight is 315 g/mol. The van der Waals surface area contributed by atoms with Crippen molar-refractivity contribution >= 4 is 17.2 Å². The first-order chi connectivity index (χ1) is 9.90. The number of rotatable bonds is 6. The molecule has 0 saturated heterocycles. The molecule has 2 aromatic rings. The summed E-state index contributed by atoms with van der Waals surface area (Å²) in [6.07, 6.45) is 1.27. The van der Waals surface area contributed by atoms with Gasteiger partial charge in [0.05, 0.1) is 11.4 Å². The third-order valence-electron chi connectivity index (χ3n) is 2.62. The van der Waals surface area contributed by atoms with Crippen LogP contribution in [0.25, 0.3) is 10.7 Å².